The third kappa shape index (κ3) is 4.01. The minimum Gasteiger partial charge on any atom is -0.378 e. The molecule has 1 saturated carbocycles. The summed E-state index contributed by atoms with van der Waals surface area (Å²) in [4.78, 5) is 28.1. The van der Waals surface area contributed by atoms with Crippen LogP contribution < -0.4 is 15.5 Å². The van der Waals surface area contributed by atoms with Crippen molar-refractivity contribution in [2.75, 3.05) is 48.4 Å². The summed E-state index contributed by atoms with van der Waals surface area (Å²) in [6.07, 6.45) is 5.78. The summed E-state index contributed by atoms with van der Waals surface area (Å²) in [6, 6.07) is 5.70. The number of amides is 1. The van der Waals surface area contributed by atoms with E-state index in [1.54, 1.807) is 23.0 Å². The highest BCUT2D eigenvalue weighted by Gasteiger charge is 2.51. The van der Waals surface area contributed by atoms with E-state index < -0.39 is 11.6 Å². The van der Waals surface area contributed by atoms with Crippen LogP contribution in [0, 0.1) is 0 Å². The van der Waals surface area contributed by atoms with Crippen LogP contribution in [0.4, 0.5) is 21.7 Å². The summed E-state index contributed by atoms with van der Waals surface area (Å²) < 4.78 is 21.4. The number of carbonyl (C=O) groups excluding carboxylic acids is 1. The first kappa shape index (κ1) is 21.7. The van der Waals surface area contributed by atoms with Crippen LogP contribution in [-0.4, -0.2) is 69.0 Å². The van der Waals surface area contributed by atoms with E-state index in [1.807, 2.05) is 25.3 Å². The molecule has 2 fully saturated rings. The van der Waals surface area contributed by atoms with Gasteiger partial charge in [-0.3, -0.25) is 4.79 Å². The van der Waals surface area contributed by atoms with Gasteiger partial charge in [0.1, 0.15) is 11.6 Å². The van der Waals surface area contributed by atoms with Crippen LogP contribution >= 0.6 is 0 Å². The summed E-state index contributed by atoms with van der Waals surface area (Å²) >= 11 is 0. The molecule has 4 aromatic rings. The first-order valence-electron chi connectivity index (χ1n) is 11.8. The fourth-order valence-corrected chi connectivity index (χ4v) is 4.25. The zero-order chi connectivity index (χ0) is 24.0. The molecule has 35 heavy (non-hydrogen) atoms. The van der Waals surface area contributed by atoms with Gasteiger partial charge in [-0.15, -0.1) is 5.10 Å². The average Bonchev–Trinajstić information content (AvgIpc) is 3.50. The van der Waals surface area contributed by atoms with E-state index in [0.29, 0.717) is 42.6 Å². The highest BCUT2D eigenvalue weighted by molar-refractivity contribution is 6.04. The molecule has 1 amide bonds. The van der Waals surface area contributed by atoms with Crippen LogP contribution in [0.5, 0.6) is 0 Å². The molecule has 11 heteroatoms. The second-order valence-corrected chi connectivity index (χ2v) is 8.81. The van der Waals surface area contributed by atoms with E-state index in [1.165, 1.54) is 0 Å². The second kappa shape index (κ2) is 8.42. The first-order chi connectivity index (χ1) is 17.0. The molecule has 0 bridgehead atoms. The van der Waals surface area contributed by atoms with Crippen LogP contribution in [0.1, 0.15) is 19.8 Å². The number of hydrogen-bond acceptors (Lipinski definition) is 8. The van der Waals surface area contributed by atoms with Crippen molar-refractivity contribution in [3.8, 4) is 11.4 Å². The van der Waals surface area contributed by atoms with Gasteiger partial charge in [-0.25, -0.2) is 23.9 Å². The van der Waals surface area contributed by atoms with Crippen molar-refractivity contribution in [1.82, 2.24) is 24.6 Å². The first-order valence-corrected chi connectivity index (χ1v) is 11.8. The maximum Gasteiger partial charge on any atom is 0.263 e. The maximum absolute atomic E-state index is 14.2. The van der Waals surface area contributed by atoms with Crippen molar-refractivity contribution in [3.05, 3.63) is 36.8 Å². The van der Waals surface area contributed by atoms with Gasteiger partial charge >= 0.3 is 0 Å². The lowest BCUT2D eigenvalue weighted by molar-refractivity contribution is -0.122. The van der Waals surface area contributed by atoms with Crippen LogP contribution in [-0.2, 0) is 9.53 Å². The number of pyridine rings is 3. The molecule has 0 unspecified atom stereocenters. The van der Waals surface area contributed by atoms with Gasteiger partial charge in [0, 0.05) is 48.4 Å². The standard InChI is InChI=1S/C24H25FN8O2/c1-2-26-21-17-12-27-19(29-23(34)24(25)5-6-24)11-16(17)18(13-28-21)22-30-20-4-3-15(14-33(20)31-22)32-7-9-35-10-8-32/h3-4,11-14H,2,5-10H2,1H3,(H,26,28)(H,27,29,34). The van der Waals surface area contributed by atoms with Gasteiger partial charge < -0.3 is 20.3 Å². The maximum atomic E-state index is 14.2. The lowest BCUT2D eigenvalue weighted by Crippen LogP contribution is -2.36. The third-order valence-electron chi connectivity index (χ3n) is 6.39. The lowest BCUT2D eigenvalue weighted by atomic mass is 10.1. The number of rotatable bonds is 6. The summed E-state index contributed by atoms with van der Waals surface area (Å²) in [5, 5.41) is 12.1. The Hall–Kier alpha value is -3.86. The molecule has 6 rings (SSSR count). The Kier molecular flexibility index (Phi) is 5.21. The molecular formula is C24H25FN8O2. The molecule has 0 spiro atoms. The molecule has 1 saturated heterocycles. The van der Waals surface area contributed by atoms with E-state index in [2.05, 4.69) is 25.5 Å². The van der Waals surface area contributed by atoms with Crippen LogP contribution in [0.25, 0.3) is 27.8 Å². The van der Waals surface area contributed by atoms with Gasteiger partial charge in [0.05, 0.1) is 25.1 Å². The molecule has 180 valence electrons. The number of morpholine rings is 1. The highest BCUT2D eigenvalue weighted by atomic mass is 19.1. The van der Waals surface area contributed by atoms with Gasteiger partial charge in [0.15, 0.2) is 17.1 Å². The van der Waals surface area contributed by atoms with E-state index in [9.17, 15) is 9.18 Å². The molecule has 1 aliphatic heterocycles. The summed E-state index contributed by atoms with van der Waals surface area (Å²) in [5.74, 6) is 0.782. The second-order valence-electron chi connectivity index (χ2n) is 8.81. The van der Waals surface area contributed by atoms with Gasteiger partial charge in [-0.2, -0.15) is 0 Å². The molecule has 2 N–H and O–H groups in total. The van der Waals surface area contributed by atoms with E-state index in [0.717, 1.165) is 29.5 Å². The van der Waals surface area contributed by atoms with Crippen molar-refractivity contribution in [2.45, 2.75) is 25.4 Å². The average molecular weight is 477 g/mol. The van der Waals surface area contributed by atoms with Crippen molar-refractivity contribution >= 4 is 39.6 Å². The Bertz CT molecular complexity index is 1430. The zero-order valence-electron chi connectivity index (χ0n) is 19.3. The number of ether oxygens (including phenoxy) is 1. The molecule has 4 aromatic heterocycles. The molecule has 1 aliphatic carbocycles. The van der Waals surface area contributed by atoms with Crippen molar-refractivity contribution < 1.29 is 13.9 Å². The van der Waals surface area contributed by atoms with Crippen molar-refractivity contribution in [3.63, 3.8) is 0 Å². The van der Waals surface area contributed by atoms with E-state index >= 15 is 0 Å². The molecule has 0 aromatic carbocycles. The predicted octanol–water partition coefficient (Wildman–Crippen LogP) is 3.05. The number of hydrogen-bond donors (Lipinski definition) is 2. The van der Waals surface area contributed by atoms with Gasteiger partial charge in [-0.1, -0.05) is 0 Å². The molecular weight excluding hydrogens is 451 g/mol. The lowest BCUT2D eigenvalue weighted by Gasteiger charge is -2.28. The van der Waals surface area contributed by atoms with Crippen molar-refractivity contribution in [2.24, 2.45) is 0 Å². The number of carbonyl (C=O) groups is 1. The molecule has 0 radical (unpaired) electrons. The number of nitrogens with zero attached hydrogens (tertiary/aromatic N) is 6. The number of fused-ring (bicyclic) bond motifs is 2. The fraction of sp³-hybridized carbons (Fsp3) is 0.375. The number of alkyl halides is 1. The van der Waals surface area contributed by atoms with Gasteiger partial charge in [0.25, 0.3) is 5.91 Å². The zero-order valence-corrected chi connectivity index (χ0v) is 19.3. The highest BCUT2D eigenvalue weighted by Crippen LogP contribution is 2.41. The predicted molar refractivity (Wildman–Crippen MR) is 130 cm³/mol. The molecule has 10 nitrogen and oxygen atoms in total. The minimum atomic E-state index is -1.78. The Morgan fingerprint density at radius 1 is 1.17 bits per heavy atom. The summed E-state index contributed by atoms with van der Waals surface area (Å²) in [6.45, 7) is 5.72. The number of aromatic nitrogens is 5. The van der Waals surface area contributed by atoms with Gasteiger partial charge in [0.2, 0.25) is 0 Å². The molecule has 2 aliphatic rings. The number of nitrogens with one attached hydrogen (secondary N) is 2. The fourth-order valence-electron chi connectivity index (χ4n) is 4.25. The molecule has 5 heterocycles. The topological polar surface area (TPSA) is 110 Å². The van der Waals surface area contributed by atoms with Crippen LogP contribution in [0.3, 0.4) is 0 Å². The SMILES string of the molecule is CCNc1ncc(-c2nc3ccc(N4CCOCC4)cn3n2)c2cc(NC(=O)C3(F)CC3)ncc12. The number of halogens is 1. The van der Waals surface area contributed by atoms with E-state index in [4.69, 9.17) is 14.8 Å². The van der Waals surface area contributed by atoms with Crippen LogP contribution in [0.2, 0.25) is 0 Å². The smallest absolute Gasteiger partial charge is 0.263 e. The Labute approximate surface area is 200 Å². The quantitative estimate of drug-likeness (QED) is 0.437. The Morgan fingerprint density at radius 3 is 2.77 bits per heavy atom. The third-order valence-corrected chi connectivity index (χ3v) is 6.39. The Balaban J connectivity index is 1.41. The van der Waals surface area contributed by atoms with Crippen molar-refractivity contribution in [1.29, 1.82) is 0 Å². The monoisotopic (exact) mass is 476 g/mol. The van der Waals surface area contributed by atoms with Crippen LogP contribution in [0.15, 0.2) is 36.8 Å². The van der Waals surface area contributed by atoms with E-state index in [-0.39, 0.29) is 18.7 Å². The largest absolute Gasteiger partial charge is 0.378 e. The number of anilines is 3. The minimum absolute atomic E-state index is 0.240. The summed E-state index contributed by atoms with van der Waals surface area (Å²) in [5.41, 5.74) is 0.667. The molecule has 0 atom stereocenters. The summed E-state index contributed by atoms with van der Waals surface area (Å²) in [7, 11) is 0. The van der Waals surface area contributed by atoms with Gasteiger partial charge in [-0.05, 0) is 38.0 Å². The normalized spacial score (nSPS) is 17.0. The Morgan fingerprint density at radius 2 is 2.00 bits per heavy atom.